The molecule has 0 aliphatic heterocycles. The van der Waals surface area contributed by atoms with Crippen LogP contribution in [0.3, 0.4) is 0 Å². The molecule has 2 aromatic rings. The van der Waals surface area contributed by atoms with Crippen molar-refractivity contribution in [1.82, 2.24) is 0 Å². The molecule has 0 aromatic heterocycles. The molecule has 0 unspecified atom stereocenters. The highest BCUT2D eigenvalue weighted by atomic mass is 19.4. The van der Waals surface area contributed by atoms with Crippen molar-refractivity contribution in [3.05, 3.63) is 65.2 Å². The molecule has 0 radical (unpaired) electrons. The summed E-state index contributed by atoms with van der Waals surface area (Å²) in [5, 5.41) is 2.69. The van der Waals surface area contributed by atoms with Gasteiger partial charge in [-0.2, -0.15) is 13.2 Å². The van der Waals surface area contributed by atoms with Crippen LogP contribution in [0.25, 0.3) is 0 Å². The molecule has 2 rings (SSSR count). The monoisotopic (exact) mass is 407 g/mol. The van der Waals surface area contributed by atoms with Crippen molar-refractivity contribution >= 4 is 23.3 Å². The molecule has 2 aromatic carbocycles. The van der Waals surface area contributed by atoms with Gasteiger partial charge in [0.1, 0.15) is 0 Å². The Bertz CT molecular complexity index is 876. The number of hydrogen-bond acceptors (Lipinski definition) is 4. The first-order valence-corrected chi connectivity index (χ1v) is 8.94. The number of Topliss-reactive ketones (excluding diaryl/α,β-unsaturated/α-hetero) is 1. The van der Waals surface area contributed by atoms with Crippen molar-refractivity contribution in [2.24, 2.45) is 0 Å². The number of benzene rings is 2. The zero-order chi connectivity index (χ0) is 21.4. The van der Waals surface area contributed by atoms with Gasteiger partial charge in [0.15, 0.2) is 12.4 Å². The number of carbonyl (C=O) groups is 3. The van der Waals surface area contributed by atoms with E-state index in [1.807, 2.05) is 6.92 Å². The topological polar surface area (TPSA) is 72.5 Å². The van der Waals surface area contributed by atoms with Gasteiger partial charge in [0.05, 0.1) is 12.0 Å². The van der Waals surface area contributed by atoms with E-state index >= 15 is 0 Å². The highest BCUT2D eigenvalue weighted by Crippen LogP contribution is 2.29. The highest BCUT2D eigenvalue weighted by molar-refractivity contribution is 5.98. The summed E-state index contributed by atoms with van der Waals surface area (Å²) >= 11 is 0. The van der Waals surface area contributed by atoms with Crippen molar-refractivity contribution in [3.63, 3.8) is 0 Å². The quantitative estimate of drug-likeness (QED) is 0.520. The minimum atomic E-state index is -4.50. The van der Waals surface area contributed by atoms with Gasteiger partial charge in [-0.15, -0.1) is 0 Å². The Kier molecular flexibility index (Phi) is 7.52. The predicted octanol–water partition coefficient (Wildman–Crippen LogP) is 4.41. The molecule has 0 aliphatic carbocycles. The van der Waals surface area contributed by atoms with Crippen molar-refractivity contribution in [3.8, 4) is 0 Å². The molecule has 0 aliphatic rings. The second kappa shape index (κ2) is 9.86. The van der Waals surface area contributed by atoms with Gasteiger partial charge in [-0.05, 0) is 42.3 Å². The molecule has 5 nitrogen and oxygen atoms in total. The fourth-order valence-electron chi connectivity index (χ4n) is 2.49. The summed E-state index contributed by atoms with van der Waals surface area (Å²) in [6.07, 6.45) is -3.77. The third kappa shape index (κ3) is 7.06. The Labute approximate surface area is 165 Å². The van der Waals surface area contributed by atoms with E-state index in [0.29, 0.717) is 18.5 Å². The summed E-state index contributed by atoms with van der Waals surface area (Å²) in [5.74, 6) is -1.40. The lowest BCUT2D eigenvalue weighted by atomic mass is 10.1. The third-order valence-electron chi connectivity index (χ3n) is 3.93. The molecule has 0 heterocycles. The van der Waals surface area contributed by atoms with Crippen molar-refractivity contribution in [1.29, 1.82) is 0 Å². The van der Waals surface area contributed by atoms with Gasteiger partial charge in [-0.25, -0.2) is 0 Å². The number of ketones is 1. The summed E-state index contributed by atoms with van der Waals surface area (Å²) in [4.78, 5) is 35.5. The molecule has 0 atom stereocenters. The highest BCUT2D eigenvalue weighted by Gasteiger charge is 2.30. The Morgan fingerprint density at radius 1 is 1.03 bits per heavy atom. The Morgan fingerprint density at radius 2 is 1.72 bits per heavy atom. The van der Waals surface area contributed by atoms with Crippen molar-refractivity contribution < 1.29 is 32.3 Å². The van der Waals surface area contributed by atoms with E-state index < -0.39 is 30.1 Å². The van der Waals surface area contributed by atoms with Gasteiger partial charge in [0.2, 0.25) is 5.91 Å². The number of anilines is 1. The molecular formula is C21H20F3NO4. The Balaban J connectivity index is 1.87. The molecule has 8 heteroatoms. The number of alkyl halides is 3. The number of ether oxygens (including phenoxy) is 1. The summed E-state index contributed by atoms with van der Waals surface area (Å²) < 4.78 is 43.0. The van der Waals surface area contributed by atoms with Gasteiger partial charge < -0.3 is 10.1 Å². The van der Waals surface area contributed by atoms with Crippen LogP contribution in [0.5, 0.6) is 0 Å². The number of carbonyl (C=O) groups excluding carboxylic acids is 3. The molecule has 154 valence electrons. The van der Waals surface area contributed by atoms with Crippen LogP contribution in [0.1, 0.15) is 41.3 Å². The normalized spacial score (nSPS) is 11.0. The number of amides is 1. The van der Waals surface area contributed by atoms with Gasteiger partial charge in [0, 0.05) is 17.7 Å². The minimum absolute atomic E-state index is 0.130. The van der Waals surface area contributed by atoms with E-state index in [9.17, 15) is 27.6 Å². The maximum absolute atomic E-state index is 12.7. The predicted molar refractivity (Wildman–Crippen MR) is 100 cm³/mol. The summed E-state index contributed by atoms with van der Waals surface area (Å²) in [5.41, 5.74) is 0.112. The van der Waals surface area contributed by atoms with Crippen LogP contribution in [-0.2, 0) is 26.9 Å². The Hall–Kier alpha value is -3.16. The fraction of sp³-hybridized carbons (Fsp3) is 0.286. The molecule has 1 N–H and O–H groups in total. The third-order valence-corrected chi connectivity index (χ3v) is 3.93. The van der Waals surface area contributed by atoms with Gasteiger partial charge in [-0.1, -0.05) is 25.1 Å². The molecular weight excluding hydrogens is 387 g/mol. The first kappa shape index (κ1) is 22.1. The number of esters is 1. The summed E-state index contributed by atoms with van der Waals surface area (Å²) in [6, 6.07) is 10.5. The molecule has 0 bridgehead atoms. The molecule has 0 saturated heterocycles. The lowest BCUT2D eigenvalue weighted by molar-refractivity contribution is -0.142. The van der Waals surface area contributed by atoms with E-state index in [-0.39, 0.29) is 23.5 Å². The van der Waals surface area contributed by atoms with Crippen LogP contribution in [0.2, 0.25) is 0 Å². The van der Waals surface area contributed by atoms with Crippen molar-refractivity contribution in [2.45, 2.75) is 32.4 Å². The van der Waals surface area contributed by atoms with Crippen LogP contribution >= 0.6 is 0 Å². The largest absolute Gasteiger partial charge is 0.457 e. The maximum Gasteiger partial charge on any atom is 0.416 e. The minimum Gasteiger partial charge on any atom is -0.457 e. The fourth-order valence-corrected chi connectivity index (χ4v) is 2.49. The van der Waals surface area contributed by atoms with Crippen LogP contribution in [0, 0.1) is 0 Å². The molecule has 29 heavy (non-hydrogen) atoms. The molecule has 0 fully saturated rings. The van der Waals surface area contributed by atoms with E-state index in [2.05, 4.69) is 5.32 Å². The van der Waals surface area contributed by atoms with E-state index in [1.165, 1.54) is 24.3 Å². The van der Waals surface area contributed by atoms with Crippen LogP contribution in [0.15, 0.2) is 48.5 Å². The number of hydrogen-bond donors (Lipinski definition) is 1. The SMILES string of the molecule is CCCC(=O)Nc1ccc(C(=O)COC(=O)Cc2cccc(C(F)(F)F)c2)cc1. The van der Waals surface area contributed by atoms with Crippen LogP contribution in [0.4, 0.5) is 18.9 Å². The summed E-state index contributed by atoms with van der Waals surface area (Å²) in [7, 11) is 0. The van der Waals surface area contributed by atoms with E-state index in [0.717, 1.165) is 12.1 Å². The lowest BCUT2D eigenvalue weighted by Gasteiger charge is -2.09. The zero-order valence-electron chi connectivity index (χ0n) is 15.7. The second-order valence-electron chi connectivity index (χ2n) is 6.33. The number of nitrogens with one attached hydrogen (secondary N) is 1. The molecule has 1 amide bonds. The first-order chi connectivity index (χ1) is 13.7. The lowest BCUT2D eigenvalue weighted by Crippen LogP contribution is -2.16. The van der Waals surface area contributed by atoms with Crippen molar-refractivity contribution in [2.75, 3.05) is 11.9 Å². The number of rotatable bonds is 8. The van der Waals surface area contributed by atoms with Gasteiger partial charge in [-0.3, -0.25) is 14.4 Å². The molecule has 0 spiro atoms. The van der Waals surface area contributed by atoms with E-state index in [4.69, 9.17) is 4.74 Å². The van der Waals surface area contributed by atoms with Gasteiger partial charge in [0.25, 0.3) is 0 Å². The average Bonchev–Trinajstić information content (AvgIpc) is 2.66. The van der Waals surface area contributed by atoms with Crippen LogP contribution < -0.4 is 5.32 Å². The maximum atomic E-state index is 12.7. The van der Waals surface area contributed by atoms with E-state index in [1.54, 1.807) is 12.1 Å². The molecule has 0 saturated carbocycles. The summed E-state index contributed by atoms with van der Waals surface area (Å²) in [6.45, 7) is 1.36. The standard InChI is InChI=1S/C21H20F3NO4/c1-2-4-19(27)25-17-9-7-15(8-10-17)18(26)13-29-20(28)12-14-5-3-6-16(11-14)21(22,23)24/h3,5-11H,2,4,12-13H2,1H3,(H,25,27). The second-order valence-corrected chi connectivity index (χ2v) is 6.33. The number of halogens is 3. The zero-order valence-corrected chi connectivity index (χ0v) is 15.7. The average molecular weight is 407 g/mol. The van der Waals surface area contributed by atoms with Gasteiger partial charge >= 0.3 is 12.1 Å². The van der Waals surface area contributed by atoms with Crippen LogP contribution in [-0.4, -0.2) is 24.3 Å². The Morgan fingerprint density at radius 3 is 2.34 bits per heavy atom. The smallest absolute Gasteiger partial charge is 0.416 e. The first-order valence-electron chi connectivity index (χ1n) is 8.94.